The molecule has 0 aliphatic heterocycles. The van der Waals surface area contributed by atoms with Crippen molar-refractivity contribution in [3.63, 3.8) is 0 Å². The Bertz CT molecular complexity index is 731. The lowest BCUT2D eigenvalue weighted by Crippen LogP contribution is -2.68. The lowest BCUT2D eigenvalue weighted by molar-refractivity contribution is 0.0215. The van der Waals surface area contributed by atoms with Crippen LogP contribution in [0.25, 0.3) is 0 Å². The largest absolute Gasteiger partial charge is 0.459 e. The van der Waals surface area contributed by atoms with Crippen molar-refractivity contribution in [3.8, 4) is 5.75 Å². The van der Waals surface area contributed by atoms with Gasteiger partial charge in [0.2, 0.25) is 5.85 Å². The minimum atomic E-state index is -1.43. The van der Waals surface area contributed by atoms with E-state index in [9.17, 15) is 0 Å². The first kappa shape index (κ1) is 16.2. The zero-order chi connectivity index (χ0) is 17.0. The Labute approximate surface area is 142 Å². The number of benzene rings is 3. The highest BCUT2D eigenvalue weighted by atomic mass is 16.5. The molecule has 0 saturated carbocycles. The van der Waals surface area contributed by atoms with E-state index in [1.165, 1.54) is 0 Å². The van der Waals surface area contributed by atoms with Crippen molar-refractivity contribution in [1.82, 2.24) is 0 Å². The number of ether oxygens (including phenoxy) is 1. The summed E-state index contributed by atoms with van der Waals surface area (Å²) in [4.78, 5) is 0. The highest BCUT2D eigenvalue weighted by molar-refractivity contribution is 5.42. The minimum absolute atomic E-state index is 0.639. The molecule has 122 valence electrons. The maximum Gasteiger partial charge on any atom is 0.226 e. The maximum atomic E-state index is 6.55. The van der Waals surface area contributed by atoms with E-state index in [4.69, 9.17) is 16.2 Å². The summed E-state index contributed by atoms with van der Waals surface area (Å²) in [6.45, 7) is 2.01. The molecule has 4 N–H and O–H groups in total. The molecule has 0 heterocycles. The monoisotopic (exact) mass is 318 g/mol. The van der Waals surface area contributed by atoms with E-state index in [1.807, 2.05) is 97.9 Å². The van der Waals surface area contributed by atoms with Crippen LogP contribution in [-0.2, 0) is 5.41 Å². The summed E-state index contributed by atoms with van der Waals surface area (Å²) in [6.07, 6.45) is 0. The van der Waals surface area contributed by atoms with Crippen LogP contribution in [-0.4, -0.2) is 5.85 Å². The molecular weight excluding hydrogens is 296 g/mol. The molecular formula is C21H22N2O. The smallest absolute Gasteiger partial charge is 0.226 e. The quantitative estimate of drug-likeness (QED) is 0.706. The average Bonchev–Trinajstić information content (AvgIpc) is 2.63. The van der Waals surface area contributed by atoms with E-state index in [2.05, 4.69) is 0 Å². The fourth-order valence-electron chi connectivity index (χ4n) is 2.95. The van der Waals surface area contributed by atoms with Crippen molar-refractivity contribution in [3.05, 3.63) is 102 Å². The van der Waals surface area contributed by atoms with Gasteiger partial charge < -0.3 is 4.74 Å². The Balaban J connectivity index is 2.11. The fraction of sp³-hybridized carbons (Fsp3) is 0.143. The van der Waals surface area contributed by atoms with Gasteiger partial charge in [0.15, 0.2) is 0 Å². The van der Waals surface area contributed by atoms with Crippen molar-refractivity contribution in [2.24, 2.45) is 11.5 Å². The summed E-state index contributed by atoms with van der Waals surface area (Å²) < 4.78 is 6.03. The normalized spacial score (nSPS) is 12.0. The third-order valence-corrected chi connectivity index (χ3v) is 4.51. The molecule has 3 heteroatoms. The summed E-state index contributed by atoms with van der Waals surface area (Å²) in [5.74, 6) is -0.794. The minimum Gasteiger partial charge on any atom is -0.459 e. The molecule has 0 saturated heterocycles. The fourth-order valence-corrected chi connectivity index (χ4v) is 2.95. The zero-order valence-electron chi connectivity index (χ0n) is 13.7. The van der Waals surface area contributed by atoms with Crippen LogP contribution in [0.2, 0.25) is 0 Å². The molecule has 0 amide bonds. The topological polar surface area (TPSA) is 61.3 Å². The predicted molar refractivity (Wildman–Crippen MR) is 97.5 cm³/mol. The summed E-state index contributed by atoms with van der Waals surface area (Å²) in [5.41, 5.74) is 14.4. The Hall–Kier alpha value is -2.62. The highest BCUT2D eigenvalue weighted by Crippen LogP contribution is 2.39. The molecule has 0 fully saturated rings. The molecule has 3 aromatic carbocycles. The molecule has 0 radical (unpaired) electrons. The molecule has 3 rings (SSSR count). The molecule has 0 atom stereocenters. The van der Waals surface area contributed by atoms with Gasteiger partial charge >= 0.3 is 0 Å². The van der Waals surface area contributed by atoms with Gasteiger partial charge in [-0.15, -0.1) is 0 Å². The molecule has 0 spiro atoms. The third kappa shape index (κ3) is 2.92. The zero-order valence-corrected chi connectivity index (χ0v) is 13.7. The molecule has 0 aliphatic carbocycles. The van der Waals surface area contributed by atoms with Crippen molar-refractivity contribution in [2.45, 2.75) is 18.2 Å². The van der Waals surface area contributed by atoms with Gasteiger partial charge in [-0.3, -0.25) is 11.5 Å². The lowest BCUT2D eigenvalue weighted by Gasteiger charge is -2.43. The molecule has 0 unspecified atom stereocenters. The van der Waals surface area contributed by atoms with Gasteiger partial charge in [0.05, 0.1) is 5.41 Å². The number of hydrogen-bond donors (Lipinski definition) is 2. The summed E-state index contributed by atoms with van der Waals surface area (Å²) in [6, 6.07) is 29.4. The van der Waals surface area contributed by atoms with Crippen molar-refractivity contribution in [2.75, 3.05) is 0 Å². The Kier molecular flexibility index (Phi) is 4.38. The van der Waals surface area contributed by atoms with Crippen LogP contribution in [0.1, 0.15) is 18.1 Å². The van der Waals surface area contributed by atoms with E-state index < -0.39 is 11.3 Å². The molecule has 0 bridgehead atoms. The predicted octanol–water partition coefficient (Wildman–Crippen LogP) is 3.64. The first-order valence-corrected chi connectivity index (χ1v) is 7.97. The van der Waals surface area contributed by atoms with Gasteiger partial charge in [0, 0.05) is 0 Å². The van der Waals surface area contributed by atoms with Gasteiger partial charge in [-0.05, 0) is 30.2 Å². The number of para-hydroxylation sites is 1. The summed E-state index contributed by atoms with van der Waals surface area (Å²) in [7, 11) is 0. The Morgan fingerprint density at radius 3 is 1.42 bits per heavy atom. The molecule has 24 heavy (non-hydrogen) atoms. The van der Waals surface area contributed by atoms with E-state index in [-0.39, 0.29) is 0 Å². The standard InChI is InChI=1S/C21H22N2O/c1-20(17-11-5-2-6-12-17,18-13-7-3-8-14-18)21(22,23)24-19-15-9-4-10-16-19/h2-16H,22-23H2,1H3. The number of hydrogen-bond acceptors (Lipinski definition) is 3. The molecule has 0 aromatic heterocycles. The van der Waals surface area contributed by atoms with Crippen LogP contribution in [0.3, 0.4) is 0 Å². The lowest BCUT2D eigenvalue weighted by atomic mass is 9.72. The van der Waals surface area contributed by atoms with Crippen LogP contribution in [0.5, 0.6) is 5.75 Å². The van der Waals surface area contributed by atoms with E-state index in [0.29, 0.717) is 5.75 Å². The van der Waals surface area contributed by atoms with E-state index in [1.54, 1.807) is 0 Å². The van der Waals surface area contributed by atoms with Gasteiger partial charge in [0.1, 0.15) is 5.75 Å². The summed E-state index contributed by atoms with van der Waals surface area (Å²) in [5, 5.41) is 0. The average molecular weight is 318 g/mol. The van der Waals surface area contributed by atoms with Gasteiger partial charge in [0.25, 0.3) is 0 Å². The van der Waals surface area contributed by atoms with Gasteiger partial charge in [-0.25, -0.2) is 0 Å². The Morgan fingerprint density at radius 1 is 0.625 bits per heavy atom. The van der Waals surface area contributed by atoms with Crippen LogP contribution in [0, 0.1) is 0 Å². The van der Waals surface area contributed by atoms with Gasteiger partial charge in [-0.2, -0.15) is 0 Å². The molecule has 0 aliphatic rings. The first-order valence-electron chi connectivity index (χ1n) is 7.97. The second-order valence-corrected chi connectivity index (χ2v) is 6.07. The Morgan fingerprint density at radius 2 is 1.00 bits per heavy atom. The van der Waals surface area contributed by atoms with Crippen LogP contribution >= 0.6 is 0 Å². The third-order valence-electron chi connectivity index (χ3n) is 4.51. The van der Waals surface area contributed by atoms with Crippen molar-refractivity contribution < 1.29 is 4.74 Å². The second kappa shape index (κ2) is 6.48. The van der Waals surface area contributed by atoms with Crippen LogP contribution in [0.15, 0.2) is 91.0 Å². The molecule has 3 nitrogen and oxygen atoms in total. The highest BCUT2D eigenvalue weighted by Gasteiger charge is 2.47. The van der Waals surface area contributed by atoms with Gasteiger partial charge in [-0.1, -0.05) is 78.9 Å². The second-order valence-electron chi connectivity index (χ2n) is 6.07. The van der Waals surface area contributed by atoms with E-state index in [0.717, 1.165) is 11.1 Å². The van der Waals surface area contributed by atoms with Crippen LogP contribution < -0.4 is 16.2 Å². The van der Waals surface area contributed by atoms with Crippen LogP contribution in [0.4, 0.5) is 0 Å². The number of rotatable bonds is 5. The van der Waals surface area contributed by atoms with E-state index >= 15 is 0 Å². The number of nitrogens with two attached hydrogens (primary N) is 2. The first-order chi connectivity index (χ1) is 11.5. The summed E-state index contributed by atoms with van der Waals surface area (Å²) >= 11 is 0. The maximum absolute atomic E-state index is 6.55. The van der Waals surface area contributed by atoms with Crippen molar-refractivity contribution >= 4 is 0 Å². The van der Waals surface area contributed by atoms with Crippen molar-refractivity contribution in [1.29, 1.82) is 0 Å². The molecule has 3 aromatic rings. The SMILES string of the molecule is CC(c1ccccc1)(c1ccccc1)C(N)(N)Oc1ccccc1.